The third kappa shape index (κ3) is 2.55. The second kappa shape index (κ2) is 5.24. The summed E-state index contributed by atoms with van der Waals surface area (Å²) in [5, 5.41) is 7.88. The first-order valence-electron chi connectivity index (χ1n) is 6.20. The van der Waals surface area contributed by atoms with Crippen LogP contribution in [-0.2, 0) is 0 Å². The summed E-state index contributed by atoms with van der Waals surface area (Å²) in [5.74, 6) is 0.267. The molecule has 0 fully saturated rings. The van der Waals surface area contributed by atoms with Gasteiger partial charge in [0.15, 0.2) is 11.6 Å². The molecule has 1 aromatic heterocycles. The SMILES string of the molecule is COc1ccc(-c2nnc(-c3ccc(N)cc3)o2)cc1F. The van der Waals surface area contributed by atoms with E-state index in [-0.39, 0.29) is 11.6 Å². The minimum Gasteiger partial charge on any atom is -0.494 e. The normalized spacial score (nSPS) is 10.6. The van der Waals surface area contributed by atoms with E-state index in [9.17, 15) is 4.39 Å². The molecule has 3 rings (SSSR count). The number of nitrogens with two attached hydrogens (primary N) is 1. The fraction of sp³-hybridized carbons (Fsp3) is 0.0667. The van der Waals surface area contributed by atoms with Crippen LogP contribution in [0.2, 0.25) is 0 Å². The number of nitrogen functional groups attached to an aromatic ring is 1. The predicted molar refractivity (Wildman–Crippen MR) is 76.1 cm³/mol. The number of ether oxygens (including phenoxy) is 1. The van der Waals surface area contributed by atoms with Gasteiger partial charge in [-0.05, 0) is 42.5 Å². The van der Waals surface area contributed by atoms with Crippen molar-refractivity contribution in [1.82, 2.24) is 10.2 Å². The summed E-state index contributed by atoms with van der Waals surface area (Å²) in [4.78, 5) is 0. The van der Waals surface area contributed by atoms with Crippen LogP contribution in [0.1, 0.15) is 0 Å². The summed E-state index contributed by atoms with van der Waals surface area (Å²) in [6.07, 6.45) is 0. The zero-order valence-electron chi connectivity index (χ0n) is 11.2. The Morgan fingerprint density at radius 1 is 1.00 bits per heavy atom. The molecule has 0 saturated heterocycles. The molecule has 0 atom stereocenters. The van der Waals surface area contributed by atoms with Crippen LogP contribution in [0.4, 0.5) is 10.1 Å². The number of nitrogens with zero attached hydrogens (tertiary/aromatic N) is 2. The monoisotopic (exact) mass is 285 g/mol. The molecule has 1 heterocycles. The highest BCUT2D eigenvalue weighted by atomic mass is 19.1. The van der Waals surface area contributed by atoms with Crippen LogP contribution in [0.3, 0.4) is 0 Å². The molecular weight excluding hydrogens is 273 g/mol. The van der Waals surface area contributed by atoms with Crippen LogP contribution in [-0.4, -0.2) is 17.3 Å². The van der Waals surface area contributed by atoms with E-state index in [4.69, 9.17) is 14.9 Å². The van der Waals surface area contributed by atoms with Gasteiger partial charge in [0.05, 0.1) is 7.11 Å². The van der Waals surface area contributed by atoms with Crippen molar-refractivity contribution >= 4 is 5.69 Å². The van der Waals surface area contributed by atoms with Crippen LogP contribution >= 0.6 is 0 Å². The van der Waals surface area contributed by atoms with Gasteiger partial charge in [-0.25, -0.2) is 4.39 Å². The fourth-order valence-corrected chi connectivity index (χ4v) is 1.88. The molecule has 0 aliphatic carbocycles. The average Bonchev–Trinajstić information content (AvgIpc) is 2.98. The molecule has 0 saturated carbocycles. The number of methoxy groups -OCH3 is 1. The van der Waals surface area contributed by atoms with Gasteiger partial charge in [0.25, 0.3) is 0 Å². The lowest BCUT2D eigenvalue weighted by Crippen LogP contribution is -1.88. The Morgan fingerprint density at radius 2 is 1.62 bits per heavy atom. The molecule has 0 spiro atoms. The maximum atomic E-state index is 13.7. The lowest BCUT2D eigenvalue weighted by Gasteiger charge is -2.02. The van der Waals surface area contributed by atoms with Gasteiger partial charge in [-0.3, -0.25) is 0 Å². The van der Waals surface area contributed by atoms with Crippen molar-refractivity contribution in [2.24, 2.45) is 0 Å². The maximum Gasteiger partial charge on any atom is 0.248 e. The first-order valence-corrected chi connectivity index (χ1v) is 6.20. The lowest BCUT2D eigenvalue weighted by molar-refractivity contribution is 0.386. The van der Waals surface area contributed by atoms with Crippen LogP contribution in [0.15, 0.2) is 46.9 Å². The Morgan fingerprint density at radius 3 is 2.24 bits per heavy atom. The molecule has 2 aromatic carbocycles. The highest BCUT2D eigenvalue weighted by Crippen LogP contribution is 2.27. The predicted octanol–water partition coefficient (Wildman–Crippen LogP) is 3.13. The Bertz CT molecular complexity index is 769. The van der Waals surface area contributed by atoms with Crippen LogP contribution in [0.25, 0.3) is 22.9 Å². The van der Waals surface area contributed by atoms with E-state index in [1.807, 2.05) is 0 Å². The van der Waals surface area contributed by atoms with E-state index in [0.29, 0.717) is 17.1 Å². The maximum absolute atomic E-state index is 13.7. The molecule has 106 valence electrons. The van der Waals surface area contributed by atoms with E-state index in [2.05, 4.69) is 10.2 Å². The number of benzene rings is 2. The Balaban J connectivity index is 1.94. The summed E-state index contributed by atoms with van der Waals surface area (Å²) >= 11 is 0. The second-order valence-electron chi connectivity index (χ2n) is 4.38. The van der Waals surface area contributed by atoms with Crippen molar-refractivity contribution in [2.75, 3.05) is 12.8 Å². The number of aromatic nitrogens is 2. The molecule has 0 bridgehead atoms. The van der Waals surface area contributed by atoms with Gasteiger partial charge in [0.1, 0.15) is 0 Å². The molecular formula is C15H12FN3O2. The first-order chi connectivity index (χ1) is 10.2. The highest BCUT2D eigenvalue weighted by Gasteiger charge is 2.12. The summed E-state index contributed by atoms with van der Waals surface area (Å²) in [6.45, 7) is 0. The van der Waals surface area contributed by atoms with E-state index in [1.165, 1.54) is 19.2 Å². The van der Waals surface area contributed by atoms with Gasteiger partial charge in [0, 0.05) is 16.8 Å². The topological polar surface area (TPSA) is 74.2 Å². The molecule has 0 amide bonds. The minimum absolute atomic E-state index is 0.164. The number of halogens is 1. The van der Waals surface area contributed by atoms with Gasteiger partial charge < -0.3 is 14.9 Å². The fourth-order valence-electron chi connectivity index (χ4n) is 1.88. The minimum atomic E-state index is -0.484. The standard InChI is InChI=1S/C15H12FN3O2/c1-20-13-7-4-10(8-12(13)16)15-19-18-14(21-15)9-2-5-11(17)6-3-9/h2-8H,17H2,1H3. The summed E-state index contributed by atoms with van der Waals surface area (Å²) < 4.78 is 24.1. The number of rotatable bonds is 3. The number of hydrogen-bond donors (Lipinski definition) is 1. The zero-order chi connectivity index (χ0) is 14.8. The van der Waals surface area contributed by atoms with Gasteiger partial charge in [-0.2, -0.15) is 0 Å². The van der Waals surface area contributed by atoms with Crippen LogP contribution < -0.4 is 10.5 Å². The van der Waals surface area contributed by atoms with Crippen molar-refractivity contribution in [3.05, 3.63) is 48.3 Å². The van der Waals surface area contributed by atoms with E-state index < -0.39 is 5.82 Å². The van der Waals surface area contributed by atoms with Crippen molar-refractivity contribution in [3.63, 3.8) is 0 Å². The third-order valence-corrected chi connectivity index (χ3v) is 2.98. The molecule has 2 N–H and O–H groups in total. The molecule has 21 heavy (non-hydrogen) atoms. The van der Waals surface area contributed by atoms with Gasteiger partial charge in [0.2, 0.25) is 11.8 Å². The zero-order valence-corrected chi connectivity index (χ0v) is 11.2. The molecule has 6 heteroatoms. The molecule has 0 aliphatic rings. The van der Waals surface area contributed by atoms with Gasteiger partial charge >= 0.3 is 0 Å². The lowest BCUT2D eigenvalue weighted by atomic mass is 10.2. The van der Waals surface area contributed by atoms with Crippen molar-refractivity contribution in [2.45, 2.75) is 0 Å². The van der Waals surface area contributed by atoms with E-state index in [1.54, 1.807) is 30.3 Å². The summed E-state index contributed by atoms with van der Waals surface area (Å²) in [5.41, 5.74) is 7.51. The Labute approximate surface area is 120 Å². The van der Waals surface area contributed by atoms with Crippen LogP contribution in [0.5, 0.6) is 5.75 Å². The molecule has 3 aromatic rings. The summed E-state index contributed by atoms with van der Waals surface area (Å²) in [6, 6.07) is 11.5. The Kier molecular flexibility index (Phi) is 3.27. The molecule has 0 unspecified atom stereocenters. The first kappa shape index (κ1) is 13.1. The number of hydrogen-bond acceptors (Lipinski definition) is 5. The average molecular weight is 285 g/mol. The van der Waals surface area contributed by atoms with Crippen molar-refractivity contribution < 1.29 is 13.5 Å². The third-order valence-electron chi connectivity index (χ3n) is 2.98. The van der Waals surface area contributed by atoms with Gasteiger partial charge in [-0.15, -0.1) is 10.2 Å². The van der Waals surface area contributed by atoms with Crippen molar-refractivity contribution in [1.29, 1.82) is 0 Å². The Hall–Kier alpha value is -2.89. The quantitative estimate of drug-likeness (QED) is 0.748. The molecule has 0 aliphatic heterocycles. The second-order valence-corrected chi connectivity index (χ2v) is 4.38. The largest absolute Gasteiger partial charge is 0.494 e. The van der Waals surface area contributed by atoms with Crippen molar-refractivity contribution in [3.8, 4) is 28.7 Å². The van der Waals surface area contributed by atoms with Crippen LogP contribution in [0, 0.1) is 5.82 Å². The molecule has 5 nitrogen and oxygen atoms in total. The summed E-state index contributed by atoms with van der Waals surface area (Å²) in [7, 11) is 1.41. The highest BCUT2D eigenvalue weighted by molar-refractivity contribution is 5.60. The smallest absolute Gasteiger partial charge is 0.248 e. The molecule has 0 radical (unpaired) electrons. The number of anilines is 1. The van der Waals surface area contributed by atoms with E-state index in [0.717, 1.165) is 5.56 Å². The van der Waals surface area contributed by atoms with Gasteiger partial charge in [-0.1, -0.05) is 0 Å². The van der Waals surface area contributed by atoms with E-state index >= 15 is 0 Å².